The topological polar surface area (TPSA) is 55.6 Å². The fourth-order valence-corrected chi connectivity index (χ4v) is 1.32. The molecular formula is C9H10ClN5. The molecule has 2 heterocycles. The smallest absolute Gasteiger partial charge is 0.131 e. The molecule has 0 fully saturated rings. The summed E-state index contributed by atoms with van der Waals surface area (Å²) in [5, 5.41) is 11.2. The van der Waals surface area contributed by atoms with Crippen LogP contribution < -0.4 is 5.32 Å². The summed E-state index contributed by atoms with van der Waals surface area (Å²) in [7, 11) is 0. The van der Waals surface area contributed by atoms with Crippen molar-refractivity contribution >= 4 is 17.4 Å². The molecule has 0 amide bonds. The third-order valence-electron chi connectivity index (χ3n) is 1.83. The second kappa shape index (κ2) is 4.75. The summed E-state index contributed by atoms with van der Waals surface area (Å²) in [6.45, 7) is 1.48. The lowest BCUT2D eigenvalue weighted by Gasteiger charge is -2.04. The van der Waals surface area contributed by atoms with Gasteiger partial charge in [-0.25, -0.2) is 4.98 Å². The van der Waals surface area contributed by atoms with E-state index in [1.165, 1.54) is 0 Å². The first kappa shape index (κ1) is 9.92. The first-order valence-corrected chi connectivity index (χ1v) is 4.93. The number of hydrogen-bond acceptors (Lipinski definition) is 4. The Morgan fingerprint density at radius 1 is 1.40 bits per heavy atom. The number of nitrogens with one attached hydrogen (secondary N) is 1. The van der Waals surface area contributed by atoms with Crippen molar-refractivity contribution < 1.29 is 0 Å². The molecule has 15 heavy (non-hydrogen) atoms. The Kier molecular flexibility index (Phi) is 3.14. The zero-order valence-electron chi connectivity index (χ0n) is 7.97. The Morgan fingerprint density at radius 3 is 3.07 bits per heavy atom. The van der Waals surface area contributed by atoms with Crippen molar-refractivity contribution in [2.45, 2.75) is 6.54 Å². The summed E-state index contributed by atoms with van der Waals surface area (Å²) in [5.74, 6) is 0.766. The van der Waals surface area contributed by atoms with Crippen molar-refractivity contribution in [3.63, 3.8) is 0 Å². The zero-order valence-corrected chi connectivity index (χ0v) is 8.72. The van der Waals surface area contributed by atoms with E-state index in [1.807, 2.05) is 18.3 Å². The van der Waals surface area contributed by atoms with Gasteiger partial charge in [-0.3, -0.25) is 4.68 Å². The van der Waals surface area contributed by atoms with Crippen LogP contribution in [0, 0.1) is 0 Å². The maximum Gasteiger partial charge on any atom is 0.131 e. The minimum atomic E-state index is 0.487. The van der Waals surface area contributed by atoms with Crippen molar-refractivity contribution in [1.82, 2.24) is 20.0 Å². The summed E-state index contributed by atoms with van der Waals surface area (Å²) in [4.78, 5) is 4.10. The van der Waals surface area contributed by atoms with Crippen LogP contribution in [0.4, 0.5) is 5.82 Å². The molecule has 0 spiro atoms. The molecule has 78 valence electrons. The predicted octanol–water partition coefficient (Wildman–Crippen LogP) is 1.44. The van der Waals surface area contributed by atoms with Crippen molar-refractivity contribution in [2.24, 2.45) is 0 Å². The molecule has 0 aliphatic heterocycles. The minimum Gasteiger partial charge on any atom is -0.368 e. The average molecular weight is 224 g/mol. The van der Waals surface area contributed by atoms with Crippen molar-refractivity contribution in [3.8, 4) is 0 Å². The highest BCUT2D eigenvalue weighted by atomic mass is 35.5. The molecule has 0 aliphatic carbocycles. The maximum absolute atomic E-state index is 5.74. The zero-order chi connectivity index (χ0) is 10.5. The average Bonchev–Trinajstić information content (AvgIpc) is 2.71. The van der Waals surface area contributed by atoms with Gasteiger partial charge in [-0.05, 0) is 12.1 Å². The third-order valence-corrected chi connectivity index (χ3v) is 2.04. The van der Waals surface area contributed by atoms with E-state index >= 15 is 0 Å². The van der Waals surface area contributed by atoms with E-state index < -0.39 is 0 Å². The van der Waals surface area contributed by atoms with E-state index in [4.69, 9.17) is 11.6 Å². The minimum absolute atomic E-state index is 0.487. The van der Waals surface area contributed by atoms with Gasteiger partial charge in [-0.1, -0.05) is 22.9 Å². The molecule has 0 radical (unpaired) electrons. The lowest BCUT2D eigenvalue weighted by molar-refractivity contribution is 0.608. The number of halogens is 1. The summed E-state index contributed by atoms with van der Waals surface area (Å²) in [6, 6.07) is 5.46. The van der Waals surface area contributed by atoms with Crippen molar-refractivity contribution in [3.05, 3.63) is 35.7 Å². The monoisotopic (exact) mass is 223 g/mol. The van der Waals surface area contributed by atoms with Gasteiger partial charge in [0.05, 0.1) is 12.7 Å². The van der Waals surface area contributed by atoms with Crippen LogP contribution in [0.15, 0.2) is 30.6 Å². The van der Waals surface area contributed by atoms with Crippen LogP contribution in [0.25, 0.3) is 0 Å². The molecule has 2 aromatic heterocycles. The summed E-state index contributed by atoms with van der Waals surface area (Å²) in [5.41, 5.74) is 0. The first-order chi connectivity index (χ1) is 7.34. The van der Waals surface area contributed by atoms with E-state index in [0.29, 0.717) is 5.15 Å². The van der Waals surface area contributed by atoms with Gasteiger partial charge in [0.2, 0.25) is 0 Å². The SMILES string of the molecule is Clc1cccc(NCCn2ccnn2)n1. The highest BCUT2D eigenvalue weighted by molar-refractivity contribution is 6.29. The number of pyridine rings is 1. The Hall–Kier alpha value is -1.62. The maximum atomic E-state index is 5.74. The van der Waals surface area contributed by atoms with Gasteiger partial charge in [0, 0.05) is 12.7 Å². The molecule has 0 saturated carbocycles. The van der Waals surface area contributed by atoms with Gasteiger partial charge in [0.15, 0.2) is 0 Å². The molecule has 2 aromatic rings. The van der Waals surface area contributed by atoms with Gasteiger partial charge < -0.3 is 5.32 Å². The summed E-state index contributed by atoms with van der Waals surface area (Å²) < 4.78 is 1.75. The summed E-state index contributed by atoms with van der Waals surface area (Å²) in [6.07, 6.45) is 3.46. The van der Waals surface area contributed by atoms with Gasteiger partial charge in [0.25, 0.3) is 0 Å². The predicted molar refractivity (Wildman–Crippen MR) is 57.8 cm³/mol. The molecule has 0 unspecified atom stereocenters. The fraction of sp³-hybridized carbons (Fsp3) is 0.222. The van der Waals surface area contributed by atoms with Crippen LogP contribution in [0.3, 0.4) is 0 Å². The van der Waals surface area contributed by atoms with Crippen LogP contribution in [0.5, 0.6) is 0 Å². The van der Waals surface area contributed by atoms with Crippen molar-refractivity contribution in [2.75, 3.05) is 11.9 Å². The van der Waals surface area contributed by atoms with Crippen LogP contribution in [-0.2, 0) is 6.54 Å². The van der Waals surface area contributed by atoms with Gasteiger partial charge in [-0.15, -0.1) is 5.10 Å². The molecule has 1 N–H and O–H groups in total. The number of aromatic nitrogens is 4. The van der Waals surface area contributed by atoms with Crippen LogP contribution in [-0.4, -0.2) is 26.5 Å². The van der Waals surface area contributed by atoms with Gasteiger partial charge in [-0.2, -0.15) is 0 Å². The van der Waals surface area contributed by atoms with E-state index in [1.54, 1.807) is 16.9 Å². The molecule has 2 rings (SSSR count). The fourth-order valence-electron chi connectivity index (χ4n) is 1.16. The van der Waals surface area contributed by atoms with Crippen LogP contribution in [0.1, 0.15) is 0 Å². The number of nitrogens with zero attached hydrogens (tertiary/aromatic N) is 4. The molecule has 0 atom stereocenters. The Balaban J connectivity index is 1.83. The highest BCUT2D eigenvalue weighted by Gasteiger charge is 1.95. The third kappa shape index (κ3) is 2.92. The highest BCUT2D eigenvalue weighted by Crippen LogP contribution is 2.08. The second-order valence-corrected chi connectivity index (χ2v) is 3.33. The molecule has 0 aromatic carbocycles. The summed E-state index contributed by atoms with van der Waals surface area (Å²) >= 11 is 5.74. The molecule has 5 nitrogen and oxygen atoms in total. The van der Waals surface area contributed by atoms with E-state index in [0.717, 1.165) is 18.9 Å². The van der Waals surface area contributed by atoms with Gasteiger partial charge in [0.1, 0.15) is 11.0 Å². The molecule has 0 bridgehead atoms. The Morgan fingerprint density at radius 2 is 2.33 bits per heavy atom. The second-order valence-electron chi connectivity index (χ2n) is 2.94. The molecule has 6 heteroatoms. The van der Waals surface area contributed by atoms with E-state index in [9.17, 15) is 0 Å². The lowest BCUT2D eigenvalue weighted by atomic mass is 10.4. The van der Waals surface area contributed by atoms with E-state index in [2.05, 4.69) is 20.6 Å². The number of hydrogen-bond donors (Lipinski definition) is 1. The molecule has 0 saturated heterocycles. The lowest BCUT2D eigenvalue weighted by Crippen LogP contribution is -2.11. The molecular weight excluding hydrogens is 214 g/mol. The van der Waals surface area contributed by atoms with Crippen LogP contribution in [0.2, 0.25) is 5.15 Å². The van der Waals surface area contributed by atoms with Crippen molar-refractivity contribution in [1.29, 1.82) is 0 Å². The number of rotatable bonds is 4. The quantitative estimate of drug-likeness (QED) is 0.797. The normalized spacial score (nSPS) is 10.2. The Labute approximate surface area is 92.1 Å². The standard InChI is InChI=1S/C9H10ClN5/c10-8-2-1-3-9(13-8)11-4-6-15-7-5-12-14-15/h1-3,5,7H,4,6H2,(H,11,13). The largest absolute Gasteiger partial charge is 0.368 e. The molecule has 0 aliphatic rings. The van der Waals surface area contributed by atoms with E-state index in [-0.39, 0.29) is 0 Å². The first-order valence-electron chi connectivity index (χ1n) is 4.55. The van der Waals surface area contributed by atoms with Crippen LogP contribution >= 0.6 is 11.6 Å². The van der Waals surface area contributed by atoms with Gasteiger partial charge >= 0.3 is 0 Å². The Bertz CT molecular complexity index is 414. The number of anilines is 1.